The van der Waals surface area contributed by atoms with Gasteiger partial charge < -0.3 is 20.3 Å². The largest absolute Gasteiger partial charge is 0.377 e. The van der Waals surface area contributed by atoms with Crippen LogP contribution in [0, 0.1) is 0 Å². The van der Waals surface area contributed by atoms with Crippen molar-refractivity contribution in [3.05, 3.63) is 11.6 Å². The first kappa shape index (κ1) is 19.7. The van der Waals surface area contributed by atoms with Crippen LogP contribution in [0.25, 0.3) is 0 Å². The van der Waals surface area contributed by atoms with E-state index in [4.69, 9.17) is 9.73 Å². The van der Waals surface area contributed by atoms with Gasteiger partial charge >= 0.3 is 0 Å². The molecule has 2 rings (SSSR count). The molecule has 142 valence electrons. The van der Waals surface area contributed by atoms with Crippen LogP contribution in [-0.4, -0.2) is 71.5 Å². The summed E-state index contributed by atoms with van der Waals surface area (Å²) < 4.78 is 7.11. The van der Waals surface area contributed by atoms with Gasteiger partial charge in [-0.15, -0.1) is 0 Å². The smallest absolute Gasteiger partial charge is 0.191 e. The lowest BCUT2D eigenvalue weighted by molar-refractivity contribution is 0.177. The van der Waals surface area contributed by atoms with E-state index in [2.05, 4.69) is 53.4 Å². The Kier molecular flexibility index (Phi) is 7.64. The van der Waals surface area contributed by atoms with E-state index >= 15 is 0 Å². The van der Waals surface area contributed by atoms with Crippen LogP contribution in [0.15, 0.2) is 4.99 Å². The molecule has 0 saturated carbocycles. The third kappa shape index (κ3) is 5.97. The highest BCUT2D eigenvalue weighted by Crippen LogP contribution is 2.13. The molecule has 0 saturated heterocycles. The predicted molar refractivity (Wildman–Crippen MR) is 99.7 cm³/mol. The number of aromatic nitrogens is 3. The molecular weight excluding hydrogens is 318 g/mol. The first-order chi connectivity index (χ1) is 12.0. The lowest BCUT2D eigenvalue weighted by atomic mass is 10.1. The first-order valence-corrected chi connectivity index (χ1v) is 9.20. The van der Waals surface area contributed by atoms with Gasteiger partial charge in [0.25, 0.3) is 0 Å². The highest BCUT2D eigenvalue weighted by Gasteiger charge is 2.22. The van der Waals surface area contributed by atoms with Crippen molar-refractivity contribution < 1.29 is 4.74 Å². The van der Waals surface area contributed by atoms with Crippen LogP contribution in [0.1, 0.15) is 38.8 Å². The molecular formula is C17H33N7O. The van der Waals surface area contributed by atoms with Gasteiger partial charge in [-0.1, -0.05) is 0 Å². The Morgan fingerprint density at radius 2 is 2.28 bits per heavy atom. The van der Waals surface area contributed by atoms with Crippen molar-refractivity contribution in [2.24, 2.45) is 4.99 Å². The summed E-state index contributed by atoms with van der Waals surface area (Å²) in [6, 6.07) is 0.848. The fourth-order valence-electron chi connectivity index (χ4n) is 2.76. The van der Waals surface area contributed by atoms with Crippen molar-refractivity contribution in [1.82, 2.24) is 30.3 Å². The number of rotatable bonds is 8. The molecule has 1 aromatic rings. The highest BCUT2D eigenvalue weighted by atomic mass is 16.5. The third-order valence-electron chi connectivity index (χ3n) is 4.46. The second-order valence-corrected chi connectivity index (χ2v) is 6.77. The number of likely N-dealkylation sites (N-methyl/N-ethyl adjacent to an activating group) is 1. The molecule has 0 bridgehead atoms. The Labute approximate surface area is 151 Å². The molecule has 0 aromatic carbocycles. The number of ether oxygens (including phenoxy) is 1. The van der Waals surface area contributed by atoms with Crippen molar-refractivity contribution in [3.8, 4) is 0 Å². The molecule has 8 heteroatoms. The van der Waals surface area contributed by atoms with Crippen LogP contribution in [0.5, 0.6) is 0 Å². The number of hydrogen-bond donors (Lipinski definition) is 2. The van der Waals surface area contributed by atoms with Crippen molar-refractivity contribution in [2.75, 3.05) is 33.8 Å². The summed E-state index contributed by atoms with van der Waals surface area (Å²) in [5, 5.41) is 11.4. The molecule has 0 amide bonds. The molecule has 8 nitrogen and oxygen atoms in total. The molecule has 25 heavy (non-hydrogen) atoms. The lowest BCUT2D eigenvalue weighted by Crippen LogP contribution is -2.47. The molecule has 2 heterocycles. The van der Waals surface area contributed by atoms with Gasteiger partial charge in [-0.25, -0.2) is 9.67 Å². The number of methoxy groups -OCH3 is 1. The summed E-state index contributed by atoms with van der Waals surface area (Å²) in [5.41, 5.74) is 0. The number of hydrogen-bond acceptors (Lipinski definition) is 5. The average molecular weight is 351 g/mol. The second-order valence-electron chi connectivity index (χ2n) is 6.77. The molecule has 0 radical (unpaired) electrons. The molecule has 1 unspecified atom stereocenters. The van der Waals surface area contributed by atoms with E-state index in [0.29, 0.717) is 18.7 Å². The standard InChI is InChI=1S/C17H33N7O/c1-6-18-17(19-9-10-23(4)13(2)3)20-14-7-8-16-21-15(12-25-5)22-24(16)11-14/h13-14H,6-12H2,1-5H3,(H2,18,19,20). The van der Waals surface area contributed by atoms with E-state index in [1.165, 1.54) is 0 Å². The maximum atomic E-state index is 5.12. The number of fused-ring (bicyclic) bond motifs is 1. The molecule has 1 aliphatic heterocycles. The van der Waals surface area contributed by atoms with Gasteiger partial charge in [-0.2, -0.15) is 5.10 Å². The maximum absolute atomic E-state index is 5.12. The predicted octanol–water partition coefficient (Wildman–Crippen LogP) is 0.635. The van der Waals surface area contributed by atoms with Crippen molar-refractivity contribution in [1.29, 1.82) is 0 Å². The molecule has 0 spiro atoms. The van der Waals surface area contributed by atoms with Crippen LogP contribution in [-0.2, 0) is 24.3 Å². The summed E-state index contributed by atoms with van der Waals surface area (Å²) >= 11 is 0. The molecule has 0 aliphatic carbocycles. The van der Waals surface area contributed by atoms with E-state index in [9.17, 15) is 0 Å². The van der Waals surface area contributed by atoms with Gasteiger partial charge in [0.2, 0.25) is 0 Å². The number of aryl methyl sites for hydroxylation is 1. The summed E-state index contributed by atoms with van der Waals surface area (Å²) in [7, 11) is 3.80. The summed E-state index contributed by atoms with van der Waals surface area (Å²) in [4.78, 5) is 11.5. The topological polar surface area (TPSA) is 79.6 Å². The van der Waals surface area contributed by atoms with E-state index < -0.39 is 0 Å². The van der Waals surface area contributed by atoms with Gasteiger partial charge in [0.1, 0.15) is 12.4 Å². The lowest BCUT2D eigenvalue weighted by Gasteiger charge is -2.25. The Bertz CT molecular complexity index is 555. The monoisotopic (exact) mass is 351 g/mol. The molecule has 1 atom stereocenters. The summed E-state index contributed by atoms with van der Waals surface area (Å²) in [5.74, 6) is 2.69. The zero-order valence-electron chi connectivity index (χ0n) is 16.2. The molecule has 1 aliphatic rings. The van der Waals surface area contributed by atoms with Crippen LogP contribution in [0.4, 0.5) is 0 Å². The van der Waals surface area contributed by atoms with E-state index in [0.717, 1.165) is 56.6 Å². The Balaban J connectivity index is 1.90. The van der Waals surface area contributed by atoms with Crippen LogP contribution in [0.3, 0.4) is 0 Å². The van der Waals surface area contributed by atoms with Crippen molar-refractivity contribution in [2.45, 2.75) is 58.8 Å². The zero-order valence-corrected chi connectivity index (χ0v) is 16.2. The van der Waals surface area contributed by atoms with Gasteiger partial charge in [0, 0.05) is 38.7 Å². The zero-order chi connectivity index (χ0) is 18.2. The molecule has 0 fully saturated rings. The first-order valence-electron chi connectivity index (χ1n) is 9.20. The van der Waals surface area contributed by atoms with Crippen LogP contribution >= 0.6 is 0 Å². The SMILES string of the molecule is CCNC(=NCCN(C)C(C)C)NC1CCc2nc(COC)nn2C1. The number of aliphatic imine (C=N–C) groups is 1. The number of nitrogens with zero attached hydrogens (tertiary/aromatic N) is 5. The minimum atomic E-state index is 0.310. The highest BCUT2D eigenvalue weighted by molar-refractivity contribution is 5.80. The summed E-state index contributed by atoms with van der Waals surface area (Å²) in [6.45, 7) is 10.3. The van der Waals surface area contributed by atoms with Gasteiger partial charge in [-0.3, -0.25) is 4.99 Å². The van der Waals surface area contributed by atoms with Gasteiger partial charge in [0.05, 0.1) is 13.1 Å². The minimum Gasteiger partial charge on any atom is -0.377 e. The van der Waals surface area contributed by atoms with E-state index in [1.807, 2.05) is 4.68 Å². The van der Waals surface area contributed by atoms with Crippen molar-refractivity contribution >= 4 is 5.96 Å². The third-order valence-corrected chi connectivity index (χ3v) is 4.46. The molecule has 2 N–H and O–H groups in total. The van der Waals surface area contributed by atoms with Crippen LogP contribution < -0.4 is 10.6 Å². The molecule has 1 aromatic heterocycles. The minimum absolute atomic E-state index is 0.310. The quantitative estimate of drug-likeness (QED) is 0.528. The fourth-order valence-corrected chi connectivity index (χ4v) is 2.76. The maximum Gasteiger partial charge on any atom is 0.191 e. The Hall–Kier alpha value is -1.67. The van der Waals surface area contributed by atoms with Crippen molar-refractivity contribution in [3.63, 3.8) is 0 Å². The fraction of sp³-hybridized carbons (Fsp3) is 0.824. The second kappa shape index (κ2) is 9.72. The number of nitrogens with one attached hydrogen (secondary N) is 2. The average Bonchev–Trinajstić information content (AvgIpc) is 2.96. The van der Waals surface area contributed by atoms with E-state index in [-0.39, 0.29) is 0 Å². The van der Waals surface area contributed by atoms with Gasteiger partial charge in [-0.05, 0) is 34.2 Å². The number of guanidine groups is 1. The Morgan fingerprint density at radius 3 is 2.96 bits per heavy atom. The normalized spacial score (nSPS) is 17.9. The van der Waals surface area contributed by atoms with Crippen LogP contribution in [0.2, 0.25) is 0 Å². The van der Waals surface area contributed by atoms with E-state index in [1.54, 1.807) is 7.11 Å². The summed E-state index contributed by atoms with van der Waals surface area (Å²) in [6.07, 6.45) is 1.95. The van der Waals surface area contributed by atoms with Gasteiger partial charge in [0.15, 0.2) is 11.8 Å². The Morgan fingerprint density at radius 1 is 1.48 bits per heavy atom.